The lowest BCUT2D eigenvalue weighted by Crippen LogP contribution is -2.43. The Morgan fingerprint density at radius 3 is 2.47 bits per heavy atom. The van der Waals surface area contributed by atoms with E-state index in [2.05, 4.69) is 27.9 Å². The van der Waals surface area contributed by atoms with Gasteiger partial charge in [-0.2, -0.15) is 12.7 Å². The fourth-order valence-electron chi connectivity index (χ4n) is 3.97. The summed E-state index contributed by atoms with van der Waals surface area (Å²) in [5.41, 5.74) is 4.32. The number of nitrogens with one attached hydrogen (secondary N) is 1. The molecular formula is C24H33N3O4S. The average molecular weight is 460 g/mol. The number of ether oxygens (including phenoxy) is 1. The van der Waals surface area contributed by atoms with Crippen LogP contribution in [0, 0.1) is 0 Å². The molecule has 8 heteroatoms. The van der Waals surface area contributed by atoms with E-state index in [4.69, 9.17) is 4.74 Å². The van der Waals surface area contributed by atoms with Crippen LogP contribution in [0.3, 0.4) is 0 Å². The Morgan fingerprint density at radius 2 is 1.78 bits per heavy atom. The number of esters is 1. The number of carbonyl (C=O) groups is 1. The summed E-state index contributed by atoms with van der Waals surface area (Å²) in [5.74, 6) is -0.207. The molecule has 3 rings (SSSR count). The van der Waals surface area contributed by atoms with E-state index in [1.165, 1.54) is 0 Å². The molecule has 0 bridgehead atoms. The second-order valence-corrected chi connectivity index (χ2v) is 9.87. The Bertz CT molecular complexity index is 974. The lowest BCUT2D eigenvalue weighted by molar-refractivity contribution is -0.143. The molecule has 2 heterocycles. The van der Waals surface area contributed by atoms with Crippen LogP contribution >= 0.6 is 0 Å². The highest BCUT2D eigenvalue weighted by Crippen LogP contribution is 2.17. The van der Waals surface area contributed by atoms with Crippen LogP contribution in [0.25, 0.3) is 0 Å². The second-order valence-electron chi connectivity index (χ2n) is 8.11. The summed E-state index contributed by atoms with van der Waals surface area (Å²) < 4.78 is 34.4. The maximum Gasteiger partial charge on any atom is 0.306 e. The molecule has 0 amide bonds. The fraction of sp³-hybridized carbons (Fsp3) is 0.500. The van der Waals surface area contributed by atoms with Gasteiger partial charge in [-0.3, -0.25) is 9.78 Å². The van der Waals surface area contributed by atoms with Gasteiger partial charge in [0.2, 0.25) is 0 Å². The number of nitrogens with zero attached hydrogens (tertiary/aromatic N) is 2. The van der Waals surface area contributed by atoms with Gasteiger partial charge in [-0.1, -0.05) is 30.7 Å². The van der Waals surface area contributed by atoms with Gasteiger partial charge >= 0.3 is 5.97 Å². The molecule has 0 unspecified atom stereocenters. The van der Waals surface area contributed by atoms with Crippen LogP contribution in [0.2, 0.25) is 0 Å². The van der Waals surface area contributed by atoms with Crippen molar-refractivity contribution in [2.75, 3.05) is 26.2 Å². The van der Waals surface area contributed by atoms with E-state index >= 15 is 0 Å². The van der Waals surface area contributed by atoms with Gasteiger partial charge in [-0.25, -0.2) is 4.72 Å². The van der Waals surface area contributed by atoms with E-state index in [1.807, 2.05) is 18.3 Å². The van der Waals surface area contributed by atoms with E-state index in [0.29, 0.717) is 45.5 Å². The lowest BCUT2D eigenvalue weighted by atomic mass is 9.97. The van der Waals surface area contributed by atoms with E-state index in [1.54, 1.807) is 17.4 Å². The average Bonchev–Trinajstić information content (AvgIpc) is 2.79. The number of piperidine rings is 1. The quantitative estimate of drug-likeness (QED) is 0.522. The Labute approximate surface area is 191 Å². The molecule has 2 aromatic rings. The van der Waals surface area contributed by atoms with Gasteiger partial charge in [0.25, 0.3) is 10.2 Å². The second kappa shape index (κ2) is 12.1. The van der Waals surface area contributed by atoms with E-state index in [0.717, 1.165) is 47.9 Å². The van der Waals surface area contributed by atoms with Gasteiger partial charge in [0, 0.05) is 38.4 Å². The maximum atomic E-state index is 12.5. The topological polar surface area (TPSA) is 88.6 Å². The summed E-state index contributed by atoms with van der Waals surface area (Å²) in [6, 6.07) is 10.2. The molecule has 7 nitrogen and oxygen atoms in total. The molecule has 1 aliphatic heterocycles. The number of rotatable bonds is 11. The Kier molecular flexibility index (Phi) is 9.20. The Morgan fingerprint density at radius 1 is 1.06 bits per heavy atom. The van der Waals surface area contributed by atoms with Crippen molar-refractivity contribution in [1.29, 1.82) is 0 Å². The summed E-state index contributed by atoms with van der Waals surface area (Å²) in [6.45, 7) is 3.70. The monoisotopic (exact) mass is 459 g/mol. The Hall–Kier alpha value is -2.29. The molecule has 1 aromatic heterocycles. The number of hydrogen-bond acceptors (Lipinski definition) is 5. The van der Waals surface area contributed by atoms with Crippen LogP contribution in [0.1, 0.15) is 54.9 Å². The van der Waals surface area contributed by atoms with Gasteiger partial charge in [-0.15, -0.1) is 0 Å². The van der Waals surface area contributed by atoms with Crippen LogP contribution in [0.5, 0.6) is 0 Å². The highest BCUT2D eigenvalue weighted by atomic mass is 32.2. The number of aryl methyl sites for hydroxylation is 1. The first-order valence-corrected chi connectivity index (χ1v) is 12.8. The minimum absolute atomic E-state index is 0.207. The molecule has 174 valence electrons. The molecule has 0 aliphatic carbocycles. The van der Waals surface area contributed by atoms with Crippen molar-refractivity contribution in [1.82, 2.24) is 14.0 Å². The number of aromatic nitrogens is 1. The fourth-order valence-corrected chi connectivity index (χ4v) is 5.25. The number of hydrogen-bond donors (Lipinski definition) is 1. The zero-order valence-electron chi connectivity index (χ0n) is 18.8. The molecule has 1 N–H and O–H groups in total. The van der Waals surface area contributed by atoms with Crippen molar-refractivity contribution in [2.24, 2.45) is 0 Å². The van der Waals surface area contributed by atoms with Crippen molar-refractivity contribution in [2.45, 2.75) is 51.9 Å². The number of pyridine rings is 1. The number of benzene rings is 1. The van der Waals surface area contributed by atoms with Gasteiger partial charge < -0.3 is 4.74 Å². The van der Waals surface area contributed by atoms with Gasteiger partial charge in [0.05, 0.1) is 6.61 Å². The van der Waals surface area contributed by atoms with Crippen molar-refractivity contribution in [3.8, 4) is 0 Å². The molecule has 1 saturated heterocycles. The molecule has 1 fully saturated rings. The third-order valence-electron chi connectivity index (χ3n) is 5.52. The zero-order valence-corrected chi connectivity index (χ0v) is 19.6. The minimum atomic E-state index is -3.44. The van der Waals surface area contributed by atoms with E-state index < -0.39 is 10.2 Å². The van der Waals surface area contributed by atoms with Crippen LogP contribution in [-0.4, -0.2) is 49.9 Å². The highest BCUT2D eigenvalue weighted by Gasteiger charge is 2.23. The van der Waals surface area contributed by atoms with Crippen molar-refractivity contribution < 1.29 is 17.9 Å². The van der Waals surface area contributed by atoms with E-state index in [-0.39, 0.29) is 5.97 Å². The third kappa shape index (κ3) is 7.69. The molecule has 32 heavy (non-hydrogen) atoms. The van der Waals surface area contributed by atoms with Crippen molar-refractivity contribution in [3.05, 3.63) is 65.0 Å². The summed E-state index contributed by atoms with van der Waals surface area (Å²) in [7, 11) is -3.44. The molecule has 0 atom stereocenters. The zero-order chi connectivity index (χ0) is 22.8. The molecular weight excluding hydrogens is 426 g/mol. The molecule has 1 aliphatic rings. The summed E-state index contributed by atoms with van der Waals surface area (Å²) in [6.07, 6.45) is 8.74. The van der Waals surface area contributed by atoms with Crippen LogP contribution in [-0.2, 0) is 39.0 Å². The molecule has 0 spiro atoms. The molecule has 0 radical (unpaired) electrons. The van der Waals surface area contributed by atoms with Crippen LogP contribution < -0.4 is 4.72 Å². The van der Waals surface area contributed by atoms with Crippen molar-refractivity contribution in [3.63, 3.8) is 0 Å². The van der Waals surface area contributed by atoms with E-state index in [9.17, 15) is 13.2 Å². The summed E-state index contributed by atoms with van der Waals surface area (Å²) >= 11 is 0. The first-order valence-electron chi connectivity index (χ1n) is 11.4. The number of carbonyl (C=O) groups excluding carboxylic acids is 1. The van der Waals surface area contributed by atoms with Gasteiger partial charge in [-0.05, 0) is 67.3 Å². The standard InChI is InChI=1S/C24H33N3O4S/c1-2-31-24(28)9-8-20-15-21(17-23(16-20)18-22-7-6-11-25-19-22)10-12-26-32(29,30)27-13-4-3-5-14-27/h6-7,11,15-17,19,26H,2-5,8-10,12-14,18H2,1H3. The summed E-state index contributed by atoms with van der Waals surface area (Å²) in [4.78, 5) is 16.0. The SMILES string of the molecule is CCOC(=O)CCc1cc(CCNS(=O)(=O)N2CCCCC2)cc(Cc2cccnc2)c1. The maximum absolute atomic E-state index is 12.5. The first kappa shape index (κ1) is 24.4. The molecule has 1 aromatic carbocycles. The smallest absolute Gasteiger partial charge is 0.306 e. The summed E-state index contributed by atoms with van der Waals surface area (Å²) in [5, 5.41) is 0. The predicted molar refractivity (Wildman–Crippen MR) is 124 cm³/mol. The lowest BCUT2D eigenvalue weighted by Gasteiger charge is -2.25. The van der Waals surface area contributed by atoms with Gasteiger partial charge in [0.1, 0.15) is 0 Å². The van der Waals surface area contributed by atoms with Gasteiger partial charge in [0.15, 0.2) is 0 Å². The first-order chi connectivity index (χ1) is 15.5. The highest BCUT2D eigenvalue weighted by molar-refractivity contribution is 7.87. The predicted octanol–water partition coefficient (Wildman–Crippen LogP) is 3.03. The van der Waals surface area contributed by atoms with Crippen LogP contribution in [0.4, 0.5) is 0 Å². The Balaban J connectivity index is 1.67. The van der Waals surface area contributed by atoms with Crippen molar-refractivity contribution >= 4 is 16.2 Å². The van der Waals surface area contributed by atoms with Crippen LogP contribution in [0.15, 0.2) is 42.7 Å². The largest absolute Gasteiger partial charge is 0.466 e. The third-order valence-corrected chi connectivity index (χ3v) is 7.13. The normalized spacial score (nSPS) is 14.9. The molecule has 0 saturated carbocycles. The minimum Gasteiger partial charge on any atom is -0.466 e.